The molecule has 0 heterocycles. The zero-order chi connectivity index (χ0) is 18.4. The summed E-state index contributed by atoms with van der Waals surface area (Å²) in [5.41, 5.74) is 8.75. The summed E-state index contributed by atoms with van der Waals surface area (Å²) in [7, 11) is 0. The highest BCUT2D eigenvalue weighted by Gasteiger charge is 2.21. The highest BCUT2D eigenvalue weighted by atomic mass is 14.8. The van der Waals surface area contributed by atoms with Gasteiger partial charge in [0.15, 0.2) is 0 Å². The largest absolute Gasteiger partial charge is 0.362 e. The van der Waals surface area contributed by atoms with Crippen LogP contribution in [0.15, 0.2) is 109 Å². The fourth-order valence-electron chi connectivity index (χ4n) is 3.17. The van der Waals surface area contributed by atoms with Gasteiger partial charge in [-0.1, -0.05) is 67.8 Å². The van der Waals surface area contributed by atoms with Crippen molar-refractivity contribution >= 4 is 11.3 Å². The predicted molar refractivity (Wildman–Crippen MR) is 115 cm³/mol. The third kappa shape index (κ3) is 4.12. The number of nitrogens with one attached hydrogen (secondary N) is 1. The third-order valence-electron chi connectivity index (χ3n) is 4.61. The topological polar surface area (TPSA) is 12.0 Å². The molecule has 0 aromatic heterocycles. The van der Waals surface area contributed by atoms with Gasteiger partial charge in [0.25, 0.3) is 0 Å². The molecule has 3 rings (SSSR count). The van der Waals surface area contributed by atoms with Crippen LogP contribution in [-0.2, 0) is 6.42 Å². The van der Waals surface area contributed by atoms with E-state index in [0.29, 0.717) is 0 Å². The molecular formula is C25H25N. The van der Waals surface area contributed by atoms with E-state index in [1.807, 2.05) is 55.7 Å². The summed E-state index contributed by atoms with van der Waals surface area (Å²) in [5.74, 6) is 0. The number of rotatable bonds is 7. The molecule has 1 aromatic carbocycles. The van der Waals surface area contributed by atoms with E-state index < -0.39 is 0 Å². The van der Waals surface area contributed by atoms with Crippen LogP contribution in [0.1, 0.15) is 24.5 Å². The Bertz CT molecular complexity index is 898. The van der Waals surface area contributed by atoms with Gasteiger partial charge in [-0.15, -0.1) is 0 Å². The molecular weight excluding hydrogens is 314 g/mol. The van der Waals surface area contributed by atoms with E-state index in [0.717, 1.165) is 29.7 Å². The van der Waals surface area contributed by atoms with Gasteiger partial charge in [0.05, 0.1) is 0 Å². The molecule has 2 aliphatic rings. The number of benzene rings is 1. The lowest BCUT2D eigenvalue weighted by Gasteiger charge is -2.07. The second-order valence-corrected chi connectivity index (χ2v) is 6.46. The van der Waals surface area contributed by atoms with Crippen LogP contribution in [0.2, 0.25) is 0 Å². The first-order valence-corrected chi connectivity index (χ1v) is 8.98. The van der Waals surface area contributed by atoms with Crippen LogP contribution in [-0.4, -0.2) is 0 Å². The normalized spacial score (nSPS) is 15.7. The van der Waals surface area contributed by atoms with E-state index in [9.17, 15) is 0 Å². The number of fused-ring (bicyclic) bond motifs is 2. The highest BCUT2D eigenvalue weighted by molar-refractivity contribution is 5.83. The Morgan fingerprint density at radius 1 is 1.04 bits per heavy atom. The van der Waals surface area contributed by atoms with Crippen LogP contribution in [0.4, 0.5) is 5.69 Å². The van der Waals surface area contributed by atoms with Crippen LogP contribution in [0.25, 0.3) is 5.57 Å². The first-order valence-electron chi connectivity index (χ1n) is 8.98. The Morgan fingerprint density at radius 3 is 2.58 bits per heavy atom. The molecule has 1 N–H and O–H groups in total. The summed E-state index contributed by atoms with van der Waals surface area (Å²) in [6.45, 7) is 10.0. The quantitative estimate of drug-likeness (QED) is 0.546. The summed E-state index contributed by atoms with van der Waals surface area (Å²) in [6.07, 6.45) is 22.4. The van der Waals surface area contributed by atoms with E-state index in [-0.39, 0.29) is 0 Å². The number of allylic oxidation sites excluding steroid dienone is 13. The lowest BCUT2D eigenvalue weighted by molar-refractivity contribution is 1.25. The van der Waals surface area contributed by atoms with Crippen molar-refractivity contribution < 1.29 is 0 Å². The van der Waals surface area contributed by atoms with Crippen molar-refractivity contribution in [2.24, 2.45) is 0 Å². The number of hydrogen-bond acceptors (Lipinski definition) is 1. The van der Waals surface area contributed by atoms with Crippen molar-refractivity contribution in [3.8, 4) is 0 Å². The van der Waals surface area contributed by atoms with Gasteiger partial charge >= 0.3 is 0 Å². The minimum atomic E-state index is 0.904. The van der Waals surface area contributed by atoms with Crippen molar-refractivity contribution in [1.29, 1.82) is 0 Å². The van der Waals surface area contributed by atoms with Crippen molar-refractivity contribution in [3.05, 3.63) is 120 Å². The van der Waals surface area contributed by atoms with Crippen LogP contribution in [0, 0.1) is 0 Å². The molecule has 0 aliphatic heterocycles. The van der Waals surface area contributed by atoms with E-state index in [1.54, 1.807) is 0 Å². The molecule has 0 fully saturated rings. The molecule has 0 saturated carbocycles. The van der Waals surface area contributed by atoms with Gasteiger partial charge in [0.1, 0.15) is 0 Å². The summed E-state index contributed by atoms with van der Waals surface area (Å²) >= 11 is 0. The fourth-order valence-corrected chi connectivity index (χ4v) is 3.17. The Labute approximate surface area is 156 Å². The average molecular weight is 339 g/mol. The molecule has 1 aromatic rings. The summed E-state index contributed by atoms with van der Waals surface area (Å²) in [5, 5.41) is 3.35. The van der Waals surface area contributed by atoms with Crippen LogP contribution >= 0.6 is 0 Å². The van der Waals surface area contributed by atoms with Gasteiger partial charge in [-0.2, -0.15) is 0 Å². The van der Waals surface area contributed by atoms with E-state index in [1.165, 1.54) is 22.3 Å². The van der Waals surface area contributed by atoms with Crippen molar-refractivity contribution in [3.63, 3.8) is 0 Å². The Morgan fingerprint density at radius 2 is 1.81 bits per heavy atom. The monoisotopic (exact) mass is 339 g/mol. The molecule has 130 valence electrons. The van der Waals surface area contributed by atoms with Gasteiger partial charge in [-0.25, -0.2) is 0 Å². The second kappa shape index (κ2) is 8.35. The number of anilines is 1. The standard InChI is InChI=1S/C25H25N/c1-4-5-6-10-19(2)20(3)11-7-8-16-26-23-15-14-22-17-21-12-9-13-24(21)25(22)18-23/h4-12,14-16,18,26H,2-3,13,17H2,1H3/b5-4-,10-6-,11-7-,16-8-. The minimum absolute atomic E-state index is 0.904. The highest BCUT2D eigenvalue weighted by Crippen LogP contribution is 2.40. The third-order valence-corrected chi connectivity index (χ3v) is 4.61. The number of hydrogen-bond donors (Lipinski definition) is 1. The van der Waals surface area contributed by atoms with Crippen LogP contribution < -0.4 is 5.32 Å². The summed E-state index contributed by atoms with van der Waals surface area (Å²) < 4.78 is 0. The fraction of sp³-hybridized carbons (Fsp3) is 0.120. The maximum Gasteiger partial charge on any atom is 0.0386 e. The lowest BCUT2D eigenvalue weighted by atomic mass is 10.0. The molecule has 0 radical (unpaired) electrons. The zero-order valence-corrected chi connectivity index (χ0v) is 15.3. The molecule has 0 bridgehead atoms. The molecule has 1 nitrogen and oxygen atoms in total. The minimum Gasteiger partial charge on any atom is -0.362 e. The molecule has 26 heavy (non-hydrogen) atoms. The van der Waals surface area contributed by atoms with Gasteiger partial charge in [0.2, 0.25) is 0 Å². The molecule has 0 unspecified atom stereocenters. The first kappa shape index (κ1) is 17.8. The Hall–Kier alpha value is -3.06. The summed E-state index contributed by atoms with van der Waals surface area (Å²) in [4.78, 5) is 0. The lowest BCUT2D eigenvalue weighted by Crippen LogP contribution is -1.91. The molecule has 0 spiro atoms. The molecule has 0 amide bonds. The summed E-state index contributed by atoms with van der Waals surface area (Å²) in [6, 6.07) is 6.63. The average Bonchev–Trinajstić information content (AvgIpc) is 3.22. The van der Waals surface area contributed by atoms with Crippen LogP contribution in [0.3, 0.4) is 0 Å². The van der Waals surface area contributed by atoms with Gasteiger partial charge in [0, 0.05) is 11.9 Å². The molecule has 2 aliphatic carbocycles. The van der Waals surface area contributed by atoms with E-state index >= 15 is 0 Å². The van der Waals surface area contributed by atoms with E-state index in [2.05, 4.69) is 48.8 Å². The zero-order valence-electron chi connectivity index (χ0n) is 15.3. The van der Waals surface area contributed by atoms with Crippen molar-refractivity contribution in [1.82, 2.24) is 0 Å². The smallest absolute Gasteiger partial charge is 0.0386 e. The Kier molecular flexibility index (Phi) is 5.70. The van der Waals surface area contributed by atoms with Gasteiger partial charge in [-0.05, 0) is 71.4 Å². The first-order chi connectivity index (χ1) is 12.7. The molecule has 0 saturated heterocycles. The second-order valence-electron chi connectivity index (χ2n) is 6.46. The maximum absolute atomic E-state index is 4.03. The Balaban J connectivity index is 1.54. The van der Waals surface area contributed by atoms with Gasteiger partial charge < -0.3 is 5.32 Å². The predicted octanol–water partition coefficient (Wildman–Crippen LogP) is 6.68. The molecule has 1 heteroatoms. The maximum atomic E-state index is 4.03. The van der Waals surface area contributed by atoms with E-state index in [4.69, 9.17) is 0 Å². The SMILES string of the molecule is C=C(/C=C\C=C/C)C(=C)/C=C\C=C/Nc1ccc2c(c1)C1=C(C=CC1)C2. The van der Waals surface area contributed by atoms with Gasteiger partial charge in [-0.3, -0.25) is 0 Å². The van der Waals surface area contributed by atoms with Crippen molar-refractivity contribution in [2.45, 2.75) is 19.8 Å². The van der Waals surface area contributed by atoms with Crippen molar-refractivity contribution in [2.75, 3.05) is 5.32 Å². The molecule has 0 atom stereocenters. The van der Waals surface area contributed by atoms with Crippen LogP contribution in [0.5, 0.6) is 0 Å².